The van der Waals surface area contributed by atoms with Gasteiger partial charge in [0.25, 0.3) is 0 Å². The van der Waals surface area contributed by atoms with E-state index in [1.165, 1.54) is 21.9 Å². The van der Waals surface area contributed by atoms with Gasteiger partial charge in [0.1, 0.15) is 0 Å². The molecular weight excluding hydrogens is 204 g/mol. The summed E-state index contributed by atoms with van der Waals surface area (Å²) in [4.78, 5) is 0. The second-order valence-corrected chi connectivity index (χ2v) is 5.81. The molecule has 0 aliphatic heterocycles. The molecule has 0 N–H and O–H groups in total. The van der Waals surface area contributed by atoms with Crippen LogP contribution in [0.5, 0.6) is 0 Å². The van der Waals surface area contributed by atoms with Crippen molar-refractivity contribution in [2.75, 3.05) is 0 Å². The van der Waals surface area contributed by atoms with Crippen LogP contribution in [0, 0.1) is 0 Å². The third kappa shape index (κ3) is 2.41. The molecule has 2 aromatic rings. The van der Waals surface area contributed by atoms with Crippen molar-refractivity contribution in [3.05, 3.63) is 54.1 Å². The highest BCUT2D eigenvalue weighted by atomic mass is 14.2. The Morgan fingerprint density at radius 2 is 1.53 bits per heavy atom. The zero-order valence-electron chi connectivity index (χ0n) is 11.2. The molecule has 2 aromatic carbocycles. The van der Waals surface area contributed by atoms with Gasteiger partial charge >= 0.3 is 0 Å². The van der Waals surface area contributed by atoms with Crippen molar-refractivity contribution in [3.63, 3.8) is 0 Å². The molecule has 2 rings (SSSR count). The minimum absolute atomic E-state index is 0.210. The molecule has 0 saturated heterocycles. The van der Waals surface area contributed by atoms with Crippen LogP contribution in [0.15, 0.2) is 43.0 Å². The maximum absolute atomic E-state index is 3.99. The lowest BCUT2D eigenvalue weighted by molar-refractivity contribution is 0.591. The first-order valence-electron chi connectivity index (χ1n) is 6.08. The molecule has 0 nitrogen and oxygen atoms in total. The van der Waals surface area contributed by atoms with Gasteiger partial charge < -0.3 is 0 Å². The fourth-order valence-corrected chi connectivity index (χ4v) is 1.98. The van der Waals surface area contributed by atoms with Crippen molar-refractivity contribution in [2.24, 2.45) is 0 Å². The predicted octanol–water partition coefficient (Wildman–Crippen LogP) is 5.17. The number of benzene rings is 2. The Balaban J connectivity index is 2.58. The maximum Gasteiger partial charge on any atom is -0.0132 e. The largest absolute Gasteiger partial charge is 0.0955 e. The number of hydrogen-bond donors (Lipinski definition) is 0. The Kier molecular flexibility index (Phi) is 2.82. The van der Waals surface area contributed by atoms with Gasteiger partial charge in [-0.1, -0.05) is 63.3 Å². The second kappa shape index (κ2) is 4.03. The van der Waals surface area contributed by atoms with E-state index >= 15 is 0 Å². The first-order chi connectivity index (χ1) is 7.88. The third-order valence-corrected chi connectivity index (χ3v) is 3.20. The quantitative estimate of drug-likeness (QED) is 0.627. The van der Waals surface area contributed by atoms with Gasteiger partial charge in [0.2, 0.25) is 0 Å². The van der Waals surface area contributed by atoms with Crippen LogP contribution < -0.4 is 0 Å². The molecule has 0 unspecified atom stereocenters. The molecule has 0 aliphatic carbocycles. The number of rotatable bonds is 1. The van der Waals surface area contributed by atoms with E-state index in [-0.39, 0.29) is 5.41 Å². The average molecular weight is 224 g/mol. The summed E-state index contributed by atoms with van der Waals surface area (Å²) >= 11 is 0. The molecule has 0 amide bonds. The topological polar surface area (TPSA) is 0 Å². The molecule has 0 saturated carbocycles. The summed E-state index contributed by atoms with van der Waals surface area (Å²) in [5.74, 6) is 0. The Morgan fingerprint density at radius 3 is 2.12 bits per heavy atom. The third-order valence-electron chi connectivity index (χ3n) is 3.20. The summed E-state index contributed by atoms with van der Waals surface area (Å²) in [6, 6.07) is 13.3. The Hall–Kier alpha value is -1.56. The molecule has 0 fully saturated rings. The standard InChI is InChI=1S/C17H20/c1-12(2)13-6-7-15-11-16(17(3,4)5)9-8-14(15)10-13/h6-11H,1H2,2-5H3. The first-order valence-corrected chi connectivity index (χ1v) is 6.08. The van der Waals surface area contributed by atoms with E-state index in [0.717, 1.165) is 5.57 Å². The average Bonchev–Trinajstić information content (AvgIpc) is 2.26. The maximum atomic E-state index is 3.99. The summed E-state index contributed by atoms with van der Waals surface area (Å²) in [6.45, 7) is 12.8. The van der Waals surface area contributed by atoms with E-state index in [9.17, 15) is 0 Å². The van der Waals surface area contributed by atoms with Crippen LogP contribution in [0.1, 0.15) is 38.8 Å². The van der Waals surface area contributed by atoms with Crippen LogP contribution >= 0.6 is 0 Å². The Labute approximate surface area is 104 Å². The SMILES string of the molecule is C=C(C)c1ccc2cc(C(C)(C)C)ccc2c1. The molecule has 0 aliphatic rings. The van der Waals surface area contributed by atoms with Gasteiger partial charge in [0.15, 0.2) is 0 Å². The van der Waals surface area contributed by atoms with Crippen molar-refractivity contribution in [1.82, 2.24) is 0 Å². The first kappa shape index (κ1) is 11.9. The lowest BCUT2D eigenvalue weighted by atomic mass is 9.85. The van der Waals surface area contributed by atoms with Crippen LogP contribution in [0.25, 0.3) is 16.3 Å². The van der Waals surface area contributed by atoms with Crippen molar-refractivity contribution in [1.29, 1.82) is 0 Å². The van der Waals surface area contributed by atoms with Gasteiger partial charge in [-0.2, -0.15) is 0 Å². The summed E-state index contributed by atoms with van der Waals surface area (Å²) in [5.41, 5.74) is 3.93. The molecule has 0 heterocycles. The highest BCUT2D eigenvalue weighted by Crippen LogP contribution is 2.27. The van der Waals surface area contributed by atoms with Crippen LogP contribution in [0.4, 0.5) is 0 Å². The summed E-state index contributed by atoms with van der Waals surface area (Å²) in [6.07, 6.45) is 0. The van der Waals surface area contributed by atoms with Crippen LogP contribution in [-0.2, 0) is 5.41 Å². The van der Waals surface area contributed by atoms with Crippen LogP contribution in [0.3, 0.4) is 0 Å². The van der Waals surface area contributed by atoms with Gasteiger partial charge in [-0.3, -0.25) is 0 Å². The second-order valence-electron chi connectivity index (χ2n) is 5.81. The Bertz CT molecular complexity index is 568. The lowest BCUT2D eigenvalue weighted by Gasteiger charge is -2.19. The van der Waals surface area contributed by atoms with Crippen molar-refractivity contribution < 1.29 is 0 Å². The molecular formula is C17H20. The summed E-state index contributed by atoms with van der Waals surface area (Å²) < 4.78 is 0. The summed E-state index contributed by atoms with van der Waals surface area (Å²) in [5, 5.41) is 2.60. The molecule has 0 radical (unpaired) electrons. The minimum Gasteiger partial charge on any atom is -0.0955 e. The summed E-state index contributed by atoms with van der Waals surface area (Å²) in [7, 11) is 0. The monoisotopic (exact) mass is 224 g/mol. The van der Waals surface area contributed by atoms with Crippen molar-refractivity contribution >= 4 is 16.3 Å². The molecule has 0 heteroatoms. The van der Waals surface area contributed by atoms with Gasteiger partial charge in [-0.05, 0) is 40.3 Å². The molecule has 0 aromatic heterocycles. The predicted molar refractivity (Wildman–Crippen MR) is 77.4 cm³/mol. The highest BCUT2D eigenvalue weighted by Gasteiger charge is 2.13. The number of hydrogen-bond acceptors (Lipinski definition) is 0. The van der Waals surface area contributed by atoms with E-state index < -0.39 is 0 Å². The van der Waals surface area contributed by atoms with E-state index in [0.29, 0.717) is 0 Å². The molecule has 17 heavy (non-hydrogen) atoms. The molecule has 0 spiro atoms. The number of fused-ring (bicyclic) bond motifs is 1. The van der Waals surface area contributed by atoms with E-state index in [1.807, 2.05) is 6.92 Å². The van der Waals surface area contributed by atoms with Crippen LogP contribution in [-0.4, -0.2) is 0 Å². The van der Waals surface area contributed by atoms with Gasteiger partial charge in [-0.25, -0.2) is 0 Å². The van der Waals surface area contributed by atoms with Crippen LogP contribution in [0.2, 0.25) is 0 Å². The zero-order valence-corrected chi connectivity index (χ0v) is 11.2. The number of allylic oxidation sites excluding steroid dienone is 1. The fraction of sp³-hybridized carbons (Fsp3) is 0.294. The smallest absolute Gasteiger partial charge is 0.0132 e. The fourth-order valence-electron chi connectivity index (χ4n) is 1.98. The van der Waals surface area contributed by atoms with E-state index in [2.05, 4.69) is 63.7 Å². The molecule has 0 bridgehead atoms. The molecule has 0 atom stereocenters. The minimum atomic E-state index is 0.210. The zero-order chi connectivity index (χ0) is 12.6. The van der Waals surface area contributed by atoms with E-state index in [4.69, 9.17) is 0 Å². The lowest BCUT2D eigenvalue weighted by Crippen LogP contribution is -2.10. The molecule has 88 valence electrons. The Morgan fingerprint density at radius 1 is 0.941 bits per heavy atom. The highest BCUT2D eigenvalue weighted by molar-refractivity contribution is 5.86. The van der Waals surface area contributed by atoms with Crippen molar-refractivity contribution in [2.45, 2.75) is 33.1 Å². The van der Waals surface area contributed by atoms with E-state index in [1.54, 1.807) is 0 Å². The van der Waals surface area contributed by atoms with Gasteiger partial charge in [0.05, 0.1) is 0 Å². The van der Waals surface area contributed by atoms with Crippen molar-refractivity contribution in [3.8, 4) is 0 Å². The normalized spacial score (nSPS) is 11.8. The van der Waals surface area contributed by atoms with Gasteiger partial charge in [0, 0.05) is 0 Å². The van der Waals surface area contributed by atoms with Gasteiger partial charge in [-0.15, -0.1) is 0 Å².